The van der Waals surface area contributed by atoms with Crippen LogP contribution < -0.4 is 5.32 Å². The van der Waals surface area contributed by atoms with Crippen LogP contribution in [0.3, 0.4) is 0 Å². The van der Waals surface area contributed by atoms with Gasteiger partial charge in [0, 0.05) is 25.6 Å². The maximum Gasteiger partial charge on any atom is 0.231 e. The van der Waals surface area contributed by atoms with E-state index in [1.807, 2.05) is 66.3 Å². The van der Waals surface area contributed by atoms with E-state index in [0.29, 0.717) is 5.75 Å². The number of thioether (sulfide) groups is 1. The number of rotatable bonds is 6. The lowest BCUT2D eigenvalue weighted by atomic mass is 10.1. The molecule has 1 atom stereocenters. The lowest BCUT2D eigenvalue weighted by Gasteiger charge is -2.19. The summed E-state index contributed by atoms with van der Waals surface area (Å²) in [7, 11) is 1.92. The number of carbonyl (C=O) groups excluding carboxylic acids is 1. The third-order valence-electron chi connectivity index (χ3n) is 3.54. The molecule has 0 saturated carbocycles. The standard InChI is InChI=1S/C18H18N4OS/c1-22-12-11-20-18(22)17(14-7-3-2-4-8-14)21-15(23)13-24-16-9-5-6-10-19-16/h2-12,17H,13H2,1H3,(H,21,23)/t17-/m1/s1. The van der Waals surface area contributed by atoms with Crippen molar-refractivity contribution in [2.75, 3.05) is 5.75 Å². The van der Waals surface area contributed by atoms with Gasteiger partial charge >= 0.3 is 0 Å². The largest absolute Gasteiger partial charge is 0.341 e. The smallest absolute Gasteiger partial charge is 0.231 e. The predicted molar refractivity (Wildman–Crippen MR) is 94.6 cm³/mol. The molecule has 2 aromatic heterocycles. The van der Waals surface area contributed by atoms with Gasteiger partial charge in [-0.1, -0.05) is 48.2 Å². The SMILES string of the molecule is Cn1ccnc1[C@H](NC(=O)CSc1ccccn1)c1ccccc1. The van der Waals surface area contributed by atoms with Gasteiger partial charge in [-0.3, -0.25) is 4.79 Å². The van der Waals surface area contributed by atoms with E-state index in [4.69, 9.17) is 0 Å². The number of carbonyl (C=O) groups is 1. The summed E-state index contributed by atoms with van der Waals surface area (Å²) >= 11 is 1.42. The second-order valence-electron chi connectivity index (χ2n) is 5.26. The highest BCUT2D eigenvalue weighted by Crippen LogP contribution is 2.21. The Morgan fingerprint density at radius 3 is 2.58 bits per heavy atom. The fourth-order valence-corrected chi connectivity index (χ4v) is 3.04. The summed E-state index contributed by atoms with van der Waals surface area (Å²) in [6.07, 6.45) is 5.33. The van der Waals surface area contributed by atoms with Crippen molar-refractivity contribution in [1.29, 1.82) is 0 Å². The molecular weight excluding hydrogens is 320 g/mol. The Labute approximate surface area is 145 Å². The van der Waals surface area contributed by atoms with Crippen molar-refractivity contribution < 1.29 is 4.79 Å². The molecule has 3 rings (SSSR count). The molecule has 1 amide bonds. The van der Waals surface area contributed by atoms with Gasteiger partial charge in [-0.25, -0.2) is 9.97 Å². The van der Waals surface area contributed by atoms with Crippen LogP contribution in [0.15, 0.2) is 72.1 Å². The fourth-order valence-electron chi connectivity index (χ4n) is 2.37. The van der Waals surface area contributed by atoms with E-state index in [2.05, 4.69) is 15.3 Å². The van der Waals surface area contributed by atoms with Gasteiger partial charge in [0.15, 0.2) is 0 Å². The fraction of sp³-hybridized carbons (Fsp3) is 0.167. The second kappa shape index (κ2) is 7.79. The highest BCUT2D eigenvalue weighted by Gasteiger charge is 2.20. The van der Waals surface area contributed by atoms with E-state index in [-0.39, 0.29) is 11.9 Å². The molecule has 0 fully saturated rings. The van der Waals surface area contributed by atoms with Gasteiger partial charge in [0.25, 0.3) is 0 Å². The van der Waals surface area contributed by atoms with Crippen LogP contribution in [0.1, 0.15) is 17.4 Å². The van der Waals surface area contributed by atoms with E-state index in [1.165, 1.54) is 11.8 Å². The van der Waals surface area contributed by atoms with Gasteiger partial charge in [-0.15, -0.1) is 0 Å². The monoisotopic (exact) mass is 338 g/mol. The Balaban J connectivity index is 1.72. The first-order valence-electron chi connectivity index (χ1n) is 7.59. The van der Waals surface area contributed by atoms with Crippen molar-refractivity contribution in [2.45, 2.75) is 11.1 Å². The molecule has 122 valence electrons. The van der Waals surface area contributed by atoms with E-state index in [0.717, 1.165) is 16.4 Å². The summed E-state index contributed by atoms with van der Waals surface area (Å²) in [6, 6.07) is 15.2. The van der Waals surface area contributed by atoms with Crippen molar-refractivity contribution in [3.8, 4) is 0 Å². The summed E-state index contributed by atoms with van der Waals surface area (Å²) in [5, 5.41) is 3.91. The quantitative estimate of drug-likeness (QED) is 0.702. The van der Waals surface area contributed by atoms with Gasteiger partial charge in [-0.05, 0) is 17.7 Å². The van der Waals surface area contributed by atoms with Crippen LogP contribution in [0.5, 0.6) is 0 Å². The summed E-state index contributed by atoms with van der Waals surface area (Å²) in [5.41, 5.74) is 1.00. The number of imidazole rings is 1. The number of nitrogens with zero attached hydrogens (tertiary/aromatic N) is 3. The van der Waals surface area contributed by atoms with Crippen LogP contribution in [0, 0.1) is 0 Å². The highest BCUT2D eigenvalue weighted by molar-refractivity contribution is 7.99. The molecule has 0 aliphatic rings. The van der Waals surface area contributed by atoms with Crippen LogP contribution >= 0.6 is 11.8 Å². The minimum Gasteiger partial charge on any atom is -0.341 e. The Hall–Kier alpha value is -2.60. The molecule has 0 unspecified atom stereocenters. The number of aryl methyl sites for hydroxylation is 1. The molecule has 5 nitrogen and oxygen atoms in total. The van der Waals surface area contributed by atoms with Gasteiger partial charge < -0.3 is 9.88 Å². The normalized spacial score (nSPS) is 11.9. The molecule has 1 N–H and O–H groups in total. The zero-order chi connectivity index (χ0) is 16.8. The summed E-state index contributed by atoms with van der Waals surface area (Å²) in [6.45, 7) is 0. The molecule has 2 heterocycles. The summed E-state index contributed by atoms with van der Waals surface area (Å²) in [5.74, 6) is 1.06. The molecule has 24 heavy (non-hydrogen) atoms. The molecule has 0 aliphatic carbocycles. The van der Waals surface area contributed by atoms with Crippen molar-refractivity contribution in [2.24, 2.45) is 7.05 Å². The minimum atomic E-state index is -0.275. The van der Waals surface area contributed by atoms with E-state index < -0.39 is 0 Å². The Morgan fingerprint density at radius 2 is 1.92 bits per heavy atom. The zero-order valence-electron chi connectivity index (χ0n) is 13.3. The van der Waals surface area contributed by atoms with Gasteiger partial charge in [0.05, 0.1) is 10.8 Å². The molecule has 0 bridgehead atoms. The van der Waals surface area contributed by atoms with Gasteiger partial charge in [0.2, 0.25) is 5.91 Å². The van der Waals surface area contributed by atoms with Crippen molar-refractivity contribution in [3.63, 3.8) is 0 Å². The molecule has 0 saturated heterocycles. The molecule has 0 radical (unpaired) electrons. The average Bonchev–Trinajstić information content (AvgIpc) is 3.05. The number of nitrogens with one attached hydrogen (secondary N) is 1. The van der Waals surface area contributed by atoms with Crippen LogP contribution in [-0.2, 0) is 11.8 Å². The van der Waals surface area contributed by atoms with E-state index in [9.17, 15) is 4.79 Å². The minimum absolute atomic E-state index is 0.0532. The number of hydrogen-bond donors (Lipinski definition) is 1. The van der Waals surface area contributed by atoms with Gasteiger partial charge in [-0.2, -0.15) is 0 Å². The summed E-state index contributed by atoms with van der Waals surface area (Å²) in [4.78, 5) is 21.0. The number of aromatic nitrogens is 3. The number of amides is 1. The van der Waals surface area contributed by atoms with Crippen molar-refractivity contribution in [1.82, 2.24) is 19.9 Å². The Morgan fingerprint density at radius 1 is 1.12 bits per heavy atom. The highest BCUT2D eigenvalue weighted by atomic mass is 32.2. The molecular formula is C18H18N4OS. The van der Waals surface area contributed by atoms with Crippen molar-refractivity contribution in [3.05, 3.63) is 78.5 Å². The average molecular weight is 338 g/mol. The van der Waals surface area contributed by atoms with Crippen LogP contribution in [0.4, 0.5) is 0 Å². The second-order valence-corrected chi connectivity index (χ2v) is 6.26. The van der Waals surface area contributed by atoms with E-state index in [1.54, 1.807) is 12.4 Å². The number of pyridine rings is 1. The number of benzene rings is 1. The Kier molecular flexibility index (Phi) is 5.28. The topological polar surface area (TPSA) is 59.8 Å². The van der Waals surface area contributed by atoms with Crippen molar-refractivity contribution >= 4 is 17.7 Å². The Bertz CT molecular complexity index is 789. The maximum atomic E-state index is 12.4. The predicted octanol–water partition coefficient (Wildman–Crippen LogP) is 2.81. The molecule has 1 aromatic carbocycles. The summed E-state index contributed by atoms with van der Waals surface area (Å²) < 4.78 is 1.92. The number of hydrogen-bond acceptors (Lipinski definition) is 4. The molecule has 3 aromatic rings. The molecule has 6 heteroatoms. The molecule has 0 aliphatic heterocycles. The first-order chi connectivity index (χ1) is 11.7. The van der Waals surface area contributed by atoms with Gasteiger partial charge in [0.1, 0.15) is 11.9 Å². The first kappa shape index (κ1) is 16.3. The van der Waals surface area contributed by atoms with Crippen LogP contribution in [0.2, 0.25) is 0 Å². The van der Waals surface area contributed by atoms with Crippen LogP contribution in [0.25, 0.3) is 0 Å². The molecule has 0 spiro atoms. The third kappa shape index (κ3) is 4.02. The first-order valence-corrected chi connectivity index (χ1v) is 8.58. The zero-order valence-corrected chi connectivity index (χ0v) is 14.1. The third-order valence-corrected chi connectivity index (χ3v) is 4.49. The van der Waals surface area contributed by atoms with Crippen LogP contribution in [-0.4, -0.2) is 26.2 Å². The van der Waals surface area contributed by atoms with E-state index >= 15 is 0 Å². The lowest BCUT2D eigenvalue weighted by molar-refractivity contribution is -0.119. The lowest BCUT2D eigenvalue weighted by Crippen LogP contribution is -2.32. The maximum absolute atomic E-state index is 12.4.